The number of alkyl halides is 2. The Hall–Kier alpha value is -0.180. The Kier molecular flexibility index (Phi) is 1.63. The molecule has 0 saturated heterocycles. The average molecular weight is 161 g/mol. The summed E-state index contributed by atoms with van der Waals surface area (Å²) in [6, 6.07) is 0.395. The molecule has 0 aliphatic heterocycles. The van der Waals surface area contributed by atoms with Gasteiger partial charge in [0.2, 0.25) is 0 Å². The van der Waals surface area contributed by atoms with Crippen molar-refractivity contribution in [3.8, 4) is 0 Å². The number of halogens is 2. The highest BCUT2D eigenvalue weighted by Gasteiger charge is 2.52. The summed E-state index contributed by atoms with van der Waals surface area (Å²) in [5, 5.41) is 3.05. The van der Waals surface area contributed by atoms with Crippen molar-refractivity contribution in [2.75, 3.05) is 0 Å². The third-order valence-corrected chi connectivity index (χ3v) is 2.80. The van der Waals surface area contributed by atoms with E-state index < -0.39 is 12.0 Å². The van der Waals surface area contributed by atoms with Crippen molar-refractivity contribution in [1.29, 1.82) is 0 Å². The van der Waals surface area contributed by atoms with Gasteiger partial charge < -0.3 is 5.32 Å². The highest BCUT2D eigenvalue weighted by atomic mass is 19.3. The predicted molar refractivity (Wildman–Crippen MR) is 38.7 cm³/mol. The van der Waals surface area contributed by atoms with Gasteiger partial charge in [-0.15, -0.1) is 0 Å². The number of rotatable bonds is 3. The molecule has 2 saturated carbocycles. The van der Waals surface area contributed by atoms with Gasteiger partial charge in [0.15, 0.2) is 0 Å². The van der Waals surface area contributed by atoms with Crippen molar-refractivity contribution in [3.63, 3.8) is 0 Å². The standard InChI is InChI=1S/C8H13F2N/c9-7(10)8(4-5-8)11-6-2-1-3-6/h6-7,11H,1-5H2. The zero-order valence-corrected chi connectivity index (χ0v) is 6.45. The van der Waals surface area contributed by atoms with Crippen LogP contribution in [0.15, 0.2) is 0 Å². The minimum Gasteiger partial charge on any atom is -0.304 e. The Morgan fingerprint density at radius 2 is 1.91 bits per heavy atom. The normalized spacial score (nSPS) is 28.6. The van der Waals surface area contributed by atoms with Gasteiger partial charge in [-0.3, -0.25) is 0 Å². The van der Waals surface area contributed by atoms with Gasteiger partial charge in [-0.25, -0.2) is 8.78 Å². The Balaban J connectivity index is 1.83. The van der Waals surface area contributed by atoms with Crippen LogP contribution in [0.2, 0.25) is 0 Å². The molecule has 0 atom stereocenters. The van der Waals surface area contributed by atoms with Crippen LogP contribution in [0.5, 0.6) is 0 Å². The molecule has 0 heterocycles. The monoisotopic (exact) mass is 161 g/mol. The SMILES string of the molecule is FC(F)C1(NC2CCC2)CC1. The number of nitrogens with one attached hydrogen (secondary N) is 1. The maximum absolute atomic E-state index is 12.3. The Morgan fingerprint density at radius 3 is 2.18 bits per heavy atom. The topological polar surface area (TPSA) is 12.0 Å². The van der Waals surface area contributed by atoms with Gasteiger partial charge in [0.25, 0.3) is 6.43 Å². The van der Waals surface area contributed by atoms with E-state index in [1.165, 1.54) is 6.42 Å². The van der Waals surface area contributed by atoms with E-state index in [1.54, 1.807) is 0 Å². The first kappa shape index (κ1) is 7.47. The van der Waals surface area contributed by atoms with Crippen molar-refractivity contribution in [3.05, 3.63) is 0 Å². The molecule has 0 amide bonds. The lowest BCUT2D eigenvalue weighted by molar-refractivity contribution is 0.0712. The maximum Gasteiger partial charge on any atom is 0.256 e. The first-order valence-electron chi connectivity index (χ1n) is 4.29. The fourth-order valence-electron chi connectivity index (χ4n) is 1.52. The minimum atomic E-state index is -2.16. The summed E-state index contributed by atoms with van der Waals surface area (Å²) >= 11 is 0. The first-order chi connectivity index (χ1) is 5.23. The molecule has 0 spiro atoms. The van der Waals surface area contributed by atoms with Crippen molar-refractivity contribution in [2.45, 2.75) is 50.1 Å². The van der Waals surface area contributed by atoms with E-state index in [-0.39, 0.29) is 0 Å². The summed E-state index contributed by atoms with van der Waals surface area (Å²) in [6.07, 6.45) is 2.56. The Bertz CT molecular complexity index is 150. The fourth-order valence-corrected chi connectivity index (χ4v) is 1.52. The maximum atomic E-state index is 12.3. The van der Waals surface area contributed by atoms with Crippen LogP contribution in [0.3, 0.4) is 0 Å². The highest BCUT2D eigenvalue weighted by molar-refractivity contribution is 5.06. The van der Waals surface area contributed by atoms with Gasteiger partial charge in [0, 0.05) is 6.04 Å². The molecule has 0 radical (unpaired) electrons. The van der Waals surface area contributed by atoms with Gasteiger partial charge in [0.05, 0.1) is 5.54 Å². The molecule has 0 bridgehead atoms. The van der Waals surface area contributed by atoms with Gasteiger partial charge in [0.1, 0.15) is 0 Å². The van der Waals surface area contributed by atoms with Crippen LogP contribution in [0.25, 0.3) is 0 Å². The van der Waals surface area contributed by atoms with Crippen molar-refractivity contribution in [2.24, 2.45) is 0 Å². The van der Waals surface area contributed by atoms with Crippen LogP contribution in [0, 0.1) is 0 Å². The highest BCUT2D eigenvalue weighted by Crippen LogP contribution is 2.42. The van der Waals surface area contributed by atoms with E-state index in [2.05, 4.69) is 5.32 Å². The number of hydrogen-bond acceptors (Lipinski definition) is 1. The molecule has 2 fully saturated rings. The molecule has 0 unspecified atom stereocenters. The molecule has 2 rings (SSSR count). The smallest absolute Gasteiger partial charge is 0.256 e. The molecule has 1 nitrogen and oxygen atoms in total. The van der Waals surface area contributed by atoms with E-state index in [0.29, 0.717) is 18.9 Å². The van der Waals surface area contributed by atoms with Crippen LogP contribution in [0.1, 0.15) is 32.1 Å². The Morgan fingerprint density at radius 1 is 1.27 bits per heavy atom. The minimum absolute atomic E-state index is 0.395. The molecule has 1 N–H and O–H groups in total. The van der Waals surface area contributed by atoms with Crippen molar-refractivity contribution in [1.82, 2.24) is 5.32 Å². The molecule has 2 aliphatic rings. The molecule has 11 heavy (non-hydrogen) atoms. The van der Waals surface area contributed by atoms with Gasteiger partial charge >= 0.3 is 0 Å². The third-order valence-electron chi connectivity index (χ3n) is 2.80. The first-order valence-corrected chi connectivity index (χ1v) is 4.29. The molecule has 3 heteroatoms. The van der Waals surface area contributed by atoms with Crippen LogP contribution >= 0.6 is 0 Å². The van der Waals surface area contributed by atoms with E-state index in [4.69, 9.17) is 0 Å². The van der Waals surface area contributed by atoms with E-state index in [0.717, 1.165) is 12.8 Å². The van der Waals surface area contributed by atoms with Crippen LogP contribution in [0.4, 0.5) is 8.78 Å². The lowest BCUT2D eigenvalue weighted by atomic mass is 9.92. The second-order valence-electron chi connectivity index (χ2n) is 3.73. The molecule has 64 valence electrons. The molecule has 2 aliphatic carbocycles. The molecular weight excluding hydrogens is 148 g/mol. The van der Waals surface area contributed by atoms with Gasteiger partial charge in [-0.05, 0) is 25.7 Å². The van der Waals surface area contributed by atoms with Crippen LogP contribution in [-0.2, 0) is 0 Å². The third kappa shape index (κ3) is 1.26. The largest absolute Gasteiger partial charge is 0.304 e. The quantitative estimate of drug-likeness (QED) is 0.666. The second kappa shape index (κ2) is 2.41. The summed E-state index contributed by atoms with van der Waals surface area (Å²) in [6.45, 7) is 0. The van der Waals surface area contributed by atoms with Gasteiger partial charge in [-0.1, -0.05) is 6.42 Å². The summed E-state index contributed by atoms with van der Waals surface area (Å²) in [7, 11) is 0. The predicted octanol–water partition coefficient (Wildman–Crippen LogP) is 1.93. The zero-order valence-electron chi connectivity index (χ0n) is 6.45. The molecular formula is C8H13F2N. The van der Waals surface area contributed by atoms with Crippen molar-refractivity contribution >= 4 is 0 Å². The second-order valence-corrected chi connectivity index (χ2v) is 3.73. The Labute approximate surface area is 65.2 Å². The fraction of sp³-hybridized carbons (Fsp3) is 1.00. The average Bonchev–Trinajstić information content (AvgIpc) is 2.59. The number of hydrogen-bond donors (Lipinski definition) is 1. The van der Waals surface area contributed by atoms with E-state index in [1.807, 2.05) is 0 Å². The summed E-state index contributed by atoms with van der Waals surface area (Å²) < 4.78 is 24.7. The molecule has 0 aromatic rings. The van der Waals surface area contributed by atoms with Gasteiger partial charge in [-0.2, -0.15) is 0 Å². The lowest BCUT2D eigenvalue weighted by Crippen LogP contribution is -2.47. The van der Waals surface area contributed by atoms with E-state index >= 15 is 0 Å². The molecule has 0 aromatic heterocycles. The summed E-state index contributed by atoms with van der Waals surface area (Å²) in [4.78, 5) is 0. The van der Waals surface area contributed by atoms with Crippen molar-refractivity contribution < 1.29 is 8.78 Å². The zero-order chi connectivity index (χ0) is 7.90. The summed E-state index contributed by atoms with van der Waals surface area (Å²) in [5.41, 5.74) is -0.759. The van der Waals surface area contributed by atoms with Crippen LogP contribution < -0.4 is 5.32 Å². The molecule has 0 aromatic carbocycles. The lowest BCUT2D eigenvalue weighted by Gasteiger charge is -2.31. The summed E-state index contributed by atoms with van der Waals surface area (Å²) in [5.74, 6) is 0. The van der Waals surface area contributed by atoms with E-state index in [9.17, 15) is 8.78 Å². The van der Waals surface area contributed by atoms with Crippen LogP contribution in [-0.4, -0.2) is 18.0 Å².